The maximum absolute atomic E-state index is 12.8. The number of nitrogens with zero attached hydrogens (tertiary/aromatic N) is 3. The molecule has 1 atom stereocenters. The highest BCUT2D eigenvalue weighted by Crippen LogP contribution is 2.33. The van der Waals surface area contributed by atoms with Crippen LogP contribution in [0.3, 0.4) is 0 Å². The standard InChI is InChI=1S/C24H25N5O4S/c1-15-4-3-11-28(13-15)21-10-7-18(12-22(21)29(32)33)23(31)27-24-26-20(14-34-24)17-5-8-19(9-6-17)25-16(2)30/h5-10,12,14-15H,3-4,11,13H2,1-2H3,(H,25,30)(H,26,27,31)/t15-/m1/s1. The monoisotopic (exact) mass is 479 g/mol. The molecule has 0 unspecified atom stereocenters. The van der Waals surface area contributed by atoms with Gasteiger partial charge in [-0.1, -0.05) is 19.1 Å². The van der Waals surface area contributed by atoms with Gasteiger partial charge in [-0.25, -0.2) is 4.98 Å². The van der Waals surface area contributed by atoms with Crippen LogP contribution in [-0.4, -0.2) is 34.8 Å². The van der Waals surface area contributed by atoms with E-state index < -0.39 is 10.8 Å². The van der Waals surface area contributed by atoms with E-state index in [2.05, 4.69) is 22.5 Å². The van der Waals surface area contributed by atoms with Crippen LogP contribution >= 0.6 is 11.3 Å². The Morgan fingerprint density at radius 3 is 2.62 bits per heavy atom. The minimum Gasteiger partial charge on any atom is -0.366 e. The average Bonchev–Trinajstić information content (AvgIpc) is 3.27. The largest absolute Gasteiger partial charge is 0.366 e. The summed E-state index contributed by atoms with van der Waals surface area (Å²) in [6, 6.07) is 11.8. The summed E-state index contributed by atoms with van der Waals surface area (Å²) in [5, 5.41) is 19.4. The lowest BCUT2D eigenvalue weighted by Crippen LogP contribution is -2.34. The van der Waals surface area contributed by atoms with Crippen LogP contribution in [0.15, 0.2) is 47.8 Å². The lowest BCUT2D eigenvalue weighted by atomic mass is 9.99. The molecule has 1 saturated heterocycles. The molecular formula is C24H25N5O4S. The molecule has 2 aromatic carbocycles. The van der Waals surface area contributed by atoms with Crippen molar-refractivity contribution in [3.8, 4) is 11.3 Å². The molecule has 34 heavy (non-hydrogen) atoms. The predicted octanol–water partition coefficient (Wildman–Crippen LogP) is 5.17. The molecule has 9 nitrogen and oxygen atoms in total. The second-order valence-electron chi connectivity index (χ2n) is 8.40. The van der Waals surface area contributed by atoms with E-state index in [9.17, 15) is 19.7 Å². The Bertz CT molecular complexity index is 1220. The first-order chi connectivity index (χ1) is 16.3. The van der Waals surface area contributed by atoms with E-state index in [0.29, 0.717) is 28.1 Å². The van der Waals surface area contributed by atoms with Crippen molar-refractivity contribution in [2.45, 2.75) is 26.7 Å². The topological polar surface area (TPSA) is 117 Å². The van der Waals surface area contributed by atoms with Crippen molar-refractivity contribution < 1.29 is 14.5 Å². The highest BCUT2D eigenvalue weighted by Gasteiger charge is 2.25. The minimum atomic E-state index is -0.455. The van der Waals surface area contributed by atoms with Crippen molar-refractivity contribution in [3.05, 3.63) is 63.5 Å². The Morgan fingerprint density at radius 2 is 1.94 bits per heavy atom. The second kappa shape index (κ2) is 10.0. The number of hydrogen-bond donors (Lipinski definition) is 2. The van der Waals surface area contributed by atoms with Gasteiger partial charge in [-0.05, 0) is 43.0 Å². The van der Waals surface area contributed by atoms with Crippen LogP contribution in [0.2, 0.25) is 0 Å². The highest BCUT2D eigenvalue weighted by atomic mass is 32.1. The molecule has 3 aromatic rings. The smallest absolute Gasteiger partial charge is 0.293 e. The van der Waals surface area contributed by atoms with Crippen molar-refractivity contribution in [3.63, 3.8) is 0 Å². The number of nitro groups is 1. The second-order valence-corrected chi connectivity index (χ2v) is 9.26. The van der Waals surface area contributed by atoms with Gasteiger partial charge < -0.3 is 10.2 Å². The summed E-state index contributed by atoms with van der Waals surface area (Å²) >= 11 is 1.26. The van der Waals surface area contributed by atoms with Gasteiger partial charge in [0.05, 0.1) is 10.6 Å². The molecule has 0 radical (unpaired) electrons. The average molecular weight is 480 g/mol. The van der Waals surface area contributed by atoms with Crippen molar-refractivity contribution in [2.24, 2.45) is 5.92 Å². The number of carbonyl (C=O) groups is 2. The van der Waals surface area contributed by atoms with Crippen molar-refractivity contribution >= 4 is 45.3 Å². The minimum absolute atomic E-state index is 0.0687. The zero-order chi connectivity index (χ0) is 24.2. The molecule has 0 saturated carbocycles. The molecule has 2 N–H and O–H groups in total. The lowest BCUT2D eigenvalue weighted by Gasteiger charge is -2.32. The fraction of sp³-hybridized carbons (Fsp3) is 0.292. The Labute approximate surface area is 201 Å². The SMILES string of the molecule is CC(=O)Nc1ccc(-c2csc(NC(=O)c3ccc(N4CCC[C@@H](C)C4)c([N+](=O)[O-])c3)n2)cc1. The predicted molar refractivity (Wildman–Crippen MR) is 134 cm³/mol. The van der Waals surface area contributed by atoms with E-state index in [1.165, 1.54) is 24.3 Å². The molecule has 10 heteroatoms. The molecular weight excluding hydrogens is 454 g/mol. The number of anilines is 3. The van der Waals surface area contributed by atoms with Crippen LogP contribution in [0.25, 0.3) is 11.3 Å². The molecule has 1 aliphatic heterocycles. The van der Waals surface area contributed by atoms with E-state index in [-0.39, 0.29) is 17.2 Å². The summed E-state index contributed by atoms with van der Waals surface area (Å²) in [5.74, 6) is -0.134. The Balaban J connectivity index is 1.48. The molecule has 0 bridgehead atoms. The van der Waals surface area contributed by atoms with Crippen LogP contribution in [0.4, 0.5) is 22.2 Å². The zero-order valence-electron chi connectivity index (χ0n) is 18.9. The van der Waals surface area contributed by atoms with E-state index in [1.54, 1.807) is 24.3 Å². The first-order valence-electron chi connectivity index (χ1n) is 11.0. The number of amides is 2. The van der Waals surface area contributed by atoms with Gasteiger partial charge in [0, 0.05) is 48.3 Å². The van der Waals surface area contributed by atoms with Gasteiger partial charge in [0.1, 0.15) is 5.69 Å². The van der Waals surface area contributed by atoms with E-state index in [1.807, 2.05) is 22.4 Å². The fourth-order valence-corrected chi connectivity index (χ4v) is 4.76. The van der Waals surface area contributed by atoms with E-state index in [0.717, 1.165) is 31.5 Å². The van der Waals surface area contributed by atoms with Gasteiger partial charge in [-0.3, -0.25) is 25.0 Å². The number of hydrogen-bond acceptors (Lipinski definition) is 7. The molecule has 1 aliphatic rings. The number of nitro benzene ring substituents is 1. The molecule has 1 fully saturated rings. The number of carbonyl (C=O) groups excluding carboxylic acids is 2. The number of piperidine rings is 1. The van der Waals surface area contributed by atoms with Gasteiger partial charge in [-0.15, -0.1) is 11.3 Å². The maximum Gasteiger partial charge on any atom is 0.293 e. The van der Waals surface area contributed by atoms with Crippen LogP contribution in [0, 0.1) is 16.0 Å². The van der Waals surface area contributed by atoms with Crippen LogP contribution < -0.4 is 15.5 Å². The van der Waals surface area contributed by atoms with Crippen LogP contribution in [0.5, 0.6) is 0 Å². The maximum atomic E-state index is 12.8. The van der Waals surface area contributed by atoms with Crippen molar-refractivity contribution in [1.29, 1.82) is 0 Å². The van der Waals surface area contributed by atoms with Gasteiger partial charge >= 0.3 is 0 Å². The Hall–Kier alpha value is -3.79. The Kier molecular flexibility index (Phi) is 6.87. The number of rotatable bonds is 6. The van der Waals surface area contributed by atoms with E-state index in [4.69, 9.17) is 0 Å². The third kappa shape index (κ3) is 5.40. The summed E-state index contributed by atoms with van der Waals surface area (Å²) in [6.07, 6.45) is 2.10. The van der Waals surface area contributed by atoms with Gasteiger partial charge in [-0.2, -0.15) is 0 Å². The fourth-order valence-electron chi connectivity index (χ4n) is 4.05. The third-order valence-corrected chi connectivity index (χ3v) is 6.42. The number of nitrogens with one attached hydrogen (secondary N) is 2. The molecule has 1 aromatic heterocycles. The third-order valence-electron chi connectivity index (χ3n) is 5.66. The van der Waals surface area contributed by atoms with Crippen molar-refractivity contribution in [2.75, 3.05) is 28.6 Å². The van der Waals surface area contributed by atoms with Crippen molar-refractivity contribution in [1.82, 2.24) is 4.98 Å². The molecule has 2 amide bonds. The van der Waals surface area contributed by atoms with Gasteiger partial charge in [0.2, 0.25) is 5.91 Å². The summed E-state index contributed by atoms with van der Waals surface area (Å²) < 4.78 is 0. The number of aromatic nitrogens is 1. The van der Waals surface area contributed by atoms with Gasteiger partial charge in [0.25, 0.3) is 11.6 Å². The molecule has 2 heterocycles. The summed E-state index contributed by atoms with van der Waals surface area (Å²) in [4.78, 5) is 41.7. The first kappa shape index (κ1) is 23.4. The molecule has 176 valence electrons. The molecule has 0 aliphatic carbocycles. The zero-order valence-corrected chi connectivity index (χ0v) is 19.7. The Morgan fingerprint density at radius 1 is 1.18 bits per heavy atom. The van der Waals surface area contributed by atoms with Crippen LogP contribution in [0.1, 0.15) is 37.0 Å². The quantitative estimate of drug-likeness (QED) is 0.372. The highest BCUT2D eigenvalue weighted by molar-refractivity contribution is 7.14. The normalized spacial score (nSPS) is 15.6. The molecule has 0 spiro atoms. The van der Waals surface area contributed by atoms with Gasteiger partial charge in [0.15, 0.2) is 5.13 Å². The first-order valence-corrected chi connectivity index (χ1v) is 11.9. The number of benzene rings is 2. The summed E-state index contributed by atoms with van der Waals surface area (Å²) in [5.41, 5.74) is 2.88. The summed E-state index contributed by atoms with van der Waals surface area (Å²) in [7, 11) is 0. The summed E-state index contributed by atoms with van der Waals surface area (Å²) in [6.45, 7) is 5.11. The lowest BCUT2D eigenvalue weighted by molar-refractivity contribution is -0.384. The van der Waals surface area contributed by atoms with Crippen LogP contribution in [-0.2, 0) is 4.79 Å². The number of thiazole rings is 1. The van der Waals surface area contributed by atoms with E-state index >= 15 is 0 Å². The molecule has 4 rings (SSSR count).